The van der Waals surface area contributed by atoms with Crippen molar-refractivity contribution in [2.75, 3.05) is 6.61 Å². The standard InChI is InChI=1S/C9H10O4/c1-2-13-9(5-6-10)7(11)3-4-8(9)12/h3-5,7,11H,2H2,1H3. The molecule has 0 saturated heterocycles. The number of ether oxygens (including phenoxy) is 1. The first-order valence-corrected chi connectivity index (χ1v) is 3.94. The third-order valence-electron chi connectivity index (χ3n) is 1.91. The number of aliphatic hydroxyl groups is 1. The van der Waals surface area contributed by atoms with E-state index in [2.05, 4.69) is 0 Å². The van der Waals surface area contributed by atoms with Crippen molar-refractivity contribution in [3.63, 3.8) is 0 Å². The molecule has 13 heavy (non-hydrogen) atoms. The van der Waals surface area contributed by atoms with Crippen molar-refractivity contribution in [1.82, 2.24) is 0 Å². The fourth-order valence-electron chi connectivity index (χ4n) is 1.28. The van der Waals surface area contributed by atoms with Gasteiger partial charge in [0.25, 0.3) is 0 Å². The van der Waals surface area contributed by atoms with Gasteiger partial charge in [0.1, 0.15) is 12.0 Å². The Morgan fingerprint density at radius 1 is 1.85 bits per heavy atom. The van der Waals surface area contributed by atoms with Crippen LogP contribution in [0.3, 0.4) is 0 Å². The Hall–Kier alpha value is -1.22. The van der Waals surface area contributed by atoms with Crippen LogP contribution < -0.4 is 0 Å². The lowest BCUT2D eigenvalue weighted by Gasteiger charge is -2.25. The van der Waals surface area contributed by atoms with Crippen LogP contribution in [0, 0.1) is 0 Å². The summed E-state index contributed by atoms with van der Waals surface area (Å²) in [6.07, 6.45) is 2.32. The summed E-state index contributed by atoms with van der Waals surface area (Å²) in [5.74, 6) is 1.05. The zero-order chi connectivity index (χ0) is 9.90. The Morgan fingerprint density at radius 2 is 2.54 bits per heavy atom. The highest BCUT2D eigenvalue weighted by molar-refractivity contribution is 6.03. The smallest absolute Gasteiger partial charge is 0.195 e. The molecule has 2 atom stereocenters. The van der Waals surface area contributed by atoms with E-state index in [0.717, 1.165) is 6.08 Å². The maximum Gasteiger partial charge on any atom is 0.195 e. The van der Waals surface area contributed by atoms with Crippen molar-refractivity contribution in [3.05, 3.63) is 18.2 Å². The Balaban J connectivity index is 3.02. The number of hydrogen-bond donors (Lipinski definition) is 1. The van der Waals surface area contributed by atoms with E-state index in [4.69, 9.17) is 4.74 Å². The van der Waals surface area contributed by atoms with Crippen LogP contribution in [-0.2, 0) is 14.3 Å². The first-order chi connectivity index (χ1) is 6.17. The number of hydrogen-bond acceptors (Lipinski definition) is 4. The topological polar surface area (TPSA) is 63.6 Å². The Bertz CT molecular complexity index is 288. The van der Waals surface area contributed by atoms with Crippen LogP contribution in [0.2, 0.25) is 0 Å². The van der Waals surface area contributed by atoms with Gasteiger partial charge >= 0.3 is 0 Å². The summed E-state index contributed by atoms with van der Waals surface area (Å²) in [6, 6.07) is 0. The molecule has 4 heteroatoms. The van der Waals surface area contributed by atoms with Crippen molar-refractivity contribution < 1.29 is 19.4 Å². The van der Waals surface area contributed by atoms with Gasteiger partial charge in [-0.25, -0.2) is 4.79 Å². The summed E-state index contributed by atoms with van der Waals surface area (Å²) in [5.41, 5.74) is -1.53. The zero-order valence-corrected chi connectivity index (χ0v) is 7.19. The van der Waals surface area contributed by atoms with E-state index in [1.54, 1.807) is 6.92 Å². The lowest BCUT2D eigenvalue weighted by molar-refractivity contribution is -0.139. The second kappa shape index (κ2) is 3.66. The number of rotatable bonds is 3. The minimum Gasteiger partial charge on any atom is -0.385 e. The average molecular weight is 182 g/mol. The predicted molar refractivity (Wildman–Crippen MR) is 44.8 cm³/mol. The first kappa shape index (κ1) is 9.86. The molecule has 0 aromatic carbocycles. The molecule has 0 saturated carbocycles. The van der Waals surface area contributed by atoms with Crippen LogP contribution in [0.5, 0.6) is 0 Å². The van der Waals surface area contributed by atoms with Crippen LogP contribution in [0.15, 0.2) is 18.2 Å². The van der Waals surface area contributed by atoms with E-state index in [9.17, 15) is 14.7 Å². The number of ketones is 1. The lowest BCUT2D eigenvalue weighted by Crippen LogP contribution is -2.45. The van der Waals surface area contributed by atoms with E-state index in [1.165, 1.54) is 18.1 Å². The molecule has 2 unspecified atom stereocenters. The van der Waals surface area contributed by atoms with Gasteiger partial charge in [-0.2, -0.15) is 0 Å². The third kappa shape index (κ3) is 1.47. The van der Waals surface area contributed by atoms with Gasteiger partial charge in [-0.3, -0.25) is 4.79 Å². The maximum atomic E-state index is 11.3. The highest BCUT2D eigenvalue weighted by Gasteiger charge is 2.45. The molecule has 0 radical (unpaired) electrons. The molecule has 0 aliphatic heterocycles. The van der Waals surface area contributed by atoms with Crippen LogP contribution in [-0.4, -0.2) is 35.1 Å². The highest BCUT2D eigenvalue weighted by Crippen LogP contribution is 2.26. The fraction of sp³-hybridized carbons (Fsp3) is 0.444. The molecule has 1 aliphatic carbocycles. The molecule has 70 valence electrons. The monoisotopic (exact) mass is 182 g/mol. The fourth-order valence-corrected chi connectivity index (χ4v) is 1.28. The molecule has 0 amide bonds. The molecular weight excluding hydrogens is 172 g/mol. The van der Waals surface area contributed by atoms with E-state index in [0.29, 0.717) is 0 Å². The molecule has 4 nitrogen and oxygen atoms in total. The molecule has 1 aliphatic rings. The molecule has 0 fully saturated rings. The zero-order valence-electron chi connectivity index (χ0n) is 7.19. The molecule has 0 aromatic rings. The Kier molecular flexibility index (Phi) is 2.78. The van der Waals surface area contributed by atoms with Crippen LogP contribution >= 0.6 is 0 Å². The molecule has 1 N–H and O–H groups in total. The van der Waals surface area contributed by atoms with Crippen molar-refractivity contribution in [3.8, 4) is 0 Å². The number of carbonyl (C=O) groups excluding carboxylic acids is 2. The van der Waals surface area contributed by atoms with Crippen LogP contribution in [0.25, 0.3) is 0 Å². The quantitative estimate of drug-likeness (QED) is 0.606. The molecule has 0 aromatic heterocycles. The summed E-state index contributed by atoms with van der Waals surface area (Å²) in [5, 5.41) is 9.43. The summed E-state index contributed by atoms with van der Waals surface area (Å²) in [4.78, 5) is 21.5. The minimum absolute atomic E-state index is 0.239. The molecular formula is C9H10O4. The number of carbonyl (C=O) groups is 1. The second-order valence-corrected chi connectivity index (χ2v) is 2.66. The normalized spacial score (nSPS) is 31.8. The van der Waals surface area contributed by atoms with Crippen molar-refractivity contribution in [2.45, 2.75) is 18.6 Å². The van der Waals surface area contributed by atoms with Gasteiger partial charge in [0.05, 0.1) is 0 Å². The summed E-state index contributed by atoms with van der Waals surface area (Å²) < 4.78 is 5.08. The van der Waals surface area contributed by atoms with Gasteiger partial charge in [0.15, 0.2) is 11.4 Å². The molecule has 1 rings (SSSR count). The first-order valence-electron chi connectivity index (χ1n) is 3.94. The van der Waals surface area contributed by atoms with E-state index >= 15 is 0 Å². The largest absolute Gasteiger partial charge is 0.385 e. The molecule has 0 heterocycles. The highest BCUT2D eigenvalue weighted by atomic mass is 16.5. The summed E-state index contributed by atoms with van der Waals surface area (Å²) in [7, 11) is 0. The predicted octanol–water partition coefficient (Wildman–Crippen LogP) is -0.351. The van der Waals surface area contributed by atoms with Gasteiger partial charge in [0, 0.05) is 12.7 Å². The van der Waals surface area contributed by atoms with Crippen molar-refractivity contribution in [1.29, 1.82) is 0 Å². The van der Waals surface area contributed by atoms with E-state index in [1.807, 2.05) is 0 Å². The molecule has 0 spiro atoms. The Labute approximate surface area is 75.5 Å². The van der Waals surface area contributed by atoms with Crippen LogP contribution in [0.1, 0.15) is 6.92 Å². The minimum atomic E-state index is -1.53. The third-order valence-corrected chi connectivity index (χ3v) is 1.91. The number of aliphatic hydroxyl groups excluding tert-OH is 1. The van der Waals surface area contributed by atoms with E-state index < -0.39 is 17.5 Å². The van der Waals surface area contributed by atoms with Crippen molar-refractivity contribution in [2.24, 2.45) is 0 Å². The SMILES string of the molecule is CCOC1(C=C=O)C(=O)C=CC1O. The Morgan fingerprint density at radius 3 is 2.92 bits per heavy atom. The summed E-state index contributed by atoms with van der Waals surface area (Å²) in [6.45, 7) is 1.92. The van der Waals surface area contributed by atoms with Crippen molar-refractivity contribution >= 4 is 11.7 Å². The van der Waals surface area contributed by atoms with Gasteiger partial charge in [0.2, 0.25) is 0 Å². The average Bonchev–Trinajstić information content (AvgIpc) is 2.35. The van der Waals surface area contributed by atoms with Gasteiger partial charge in [-0.15, -0.1) is 0 Å². The van der Waals surface area contributed by atoms with Crippen LogP contribution in [0.4, 0.5) is 0 Å². The second-order valence-electron chi connectivity index (χ2n) is 2.66. The van der Waals surface area contributed by atoms with Gasteiger partial charge in [-0.05, 0) is 19.1 Å². The van der Waals surface area contributed by atoms with E-state index in [-0.39, 0.29) is 6.61 Å². The van der Waals surface area contributed by atoms with Gasteiger partial charge < -0.3 is 9.84 Å². The lowest BCUT2D eigenvalue weighted by atomic mass is 9.97. The maximum absolute atomic E-state index is 11.3. The summed E-state index contributed by atoms with van der Waals surface area (Å²) >= 11 is 0. The van der Waals surface area contributed by atoms with Gasteiger partial charge in [-0.1, -0.05) is 0 Å². The molecule has 0 bridgehead atoms.